The molecule has 2 bridgehead atoms. The van der Waals surface area contributed by atoms with Gasteiger partial charge in [0.25, 0.3) is 0 Å². The molecule has 1 aromatic heterocycles. The Morgan fingerprint density at radius 3 is 2.74 bits per heavy atom. The van der Waals surface area contributed by atoms with Gasteiger partial charge in [-0.1, -0.05) is 12.1 Å². The summed E-state index contributed by atoms with van der Waals surface area (Å²) in [7, 11) is 2.16. The molecule has 2 aliphatic rings. The number of hydrogen-bond acceptors (Lipinski definition) is 8. The van der Waals surface area contributed by atoms with Gasteiger partial charge in [-0.2, -0.15) is 9.97 Å². The van der Waals surface area contributed by atoms with Crippen LogP contribution in [0.2, 0.25) is 0 Å². The van der Waals surface area contributed by atoms with Crippen molar-refractivity contribution in [2.75, 3.05) is 32.1 Å². The molecule has 0 saturated carbocycles. The summed E-state index contributed by atoms with van der Waals surface area (Å²) < 4.78 is 20.0. The van der Waals surface area contributed by atoms with E-state index in [4.69, 9.17) is 4.74 Å². The van der Waals surface area contributed by atoms with E-state index in [-0.39, 0.29) is 35.6 Å². The van der Waals surface area contributed by atoms with Crippen molar-refractivity contribution >= 4 is 11.5 Å². The molecule has 10 heteroatoms. The third-order valence-electron chi connectivity index (χ3n) is 6.07. The number of likely N-dealkylation sites (tertiary alicyclic amines) is 2. The van der Waals surface area contributed by atoms with Crippen molar-refractivity contribution in [1.29, 1.82) is 0 Å². The molecule has 2 fully saturated rings. The summed E-state index contributed by atoms with van der Waals surface area (Å²) in [5.41, 5.74) is 1.29. The third-order valence-corrected chi connectivity index (χ3v) is 6.07. The summed E-state index contributed by atoms with van der Waals surface area (Å²) in [5, 5.41) is 14.3. The Kier molecular flexibility index (Phi) is 6.01. The molecular formula is C21H27FN6O3. The Morgan fingerprint density at radius 2 is 2.13 bits per heavy atom. The monoisotopic (exact) mass is 430 g/mol. The minimum Gasteiger partial charge on any atom is -0.464 e. The fraction of sp³-hybridized carbons (Fsp3) is 0.524. The zero-order valence-corrected chi connectivity index (χ0v) is 18.0. The minimum absolute atomic E-state index is 0.0154. The number of aromatic nitrogens is 2. The number of benzene rings is 1. The summed E-state index contributed by atoms with van der Waals surface area (Å²) in [6.45, 7) is 6.51. The average molecular weight is 430 g/mol. The van der Waals surface area contributed by atoms with Gasteiger partial charge in [0.2, 0.25) is 5.82 Å². The molecule has 3 heterocycles. The highest BCUT2D eigenvalue weighted by atomic mass is 19.1. The number of aryl methyl sites for hydroxylation is 1. The van der Waals surface area contributed by atoms with Crippen LogP contribution in [-0.4, -0.2) is 63.5 Å². The van der Waals surface area contributed by atoms with Gasteiger partial charge in [0.1, 0.15) is 11.5 Å². The van der Waals surface area contributed by atoms with Crippen LogP contribution < -0.4 is 10.1 Å². The molecule has 0 aliphatic carbocycles. The van der Waals surface area contributed by atoms with Crippen molar-refractivity contribution in [3.8, 4) is 6.01 Å². The van der Waals surface area contributed by atoms with Crippen molar-refractivity contribution in [3.63, 3.8) is 0 Å². The van der Waals surface area contributed by atoms with E-state index in [0.29, 0.717) is 24.3 Å². The molecule has 0 spiro atoms. The number of likely N-dealkylation sites (N-methyl/N-ethyl adjacent to an activating group) is 1. The molecule has 31 heavy (non-hydrogen) atoms. The van der Waals surface area contributed by atoms with Crippen LogP contribution in [-0.2, 0) is 13.1 Å². The van der Waals surface area contributed by atoms with Crippen molar-refractivity contribution in [3.05, 3.63) is 51.0 Å². The predicted octanol–water partition coefficient (Wildman–Crippen LogP) is 2.73. The first kappa shape index (κ1) is 21.4. The van der Waals surface area contributed by atoms with Gasteiger partial charge < -0.3 is 15.0 Å². The fourth-order valence-corrected chi connectivity index (χ4v) is 4.46. The SMILES string of the molecule is CCOc1nc(C)c([N+](=O)[O-])c(NCc2ccc(CN3C[C@@H]4C[C@H]3CN4C)cc2F)n1. The van der Waals surface area contributed by atoms with Crippen LogP contribution in [0.5, 0.6) is 6.01 Å². The highest BCUT2D eigenvalue weighted by molar-refractivity contribution is 5.59. The third kappa shape index (κ3) is 4.45. The quantitative estimate of drug-likeness (QED) is 0.504. The van der Waals surface area contributed by atoms with Crippen LogP contribution in [0.3, 0.4) is 0 Å². The number of anilines is 1. The Bertz CT molecular complexity index is 986. The minimum atomic E-state index is -0.548. The number of piperazine rings is 1. The van der Waals surface area contributed by atoms with Gasteiger partial charge >= 0.3 is 11.7 Å². The molecule has 4 rings (SSSR count). The summed E-state index contributed by atoms with van der Waals surface area (Å²) in [6.07, 6.45) is 1.18. The summed E-state index contributed by atoms with van der Waals surface area (Å²) in [6, 6.07) is 6.39. The largest absolute Gasteiger partial charge is 0.464 e. The van der Waals surface area contributed by atoms with Crippen LogP contribution in [0, 0.1) is 22.9 Å². The number of hydrogen-bond donors (Lipinski definition) is 1. The van der Waals surface area contributed by atoms with Gasteiger partial charge in [-0.3, -0.25) is 15.0 Å². The molecule has 2 atom stereocenters. The normalized spacial score (nSPS) is 20.9. The zero-order valence-electron chi connectivity index (χ0n) is 18.0. The lowest BCUT2D eigenvalue weighted by Crippen LogP contribution is -2.43. The van der Waals surface area contributed by atoms with E-state index in [2.05, 4.69) is 32.1 Å². The van der Waals surface area contributed by atoms with E-state index in [9.17, 15) is 14.5 Å². The van der Waals surface area contributed by atoms with Gasteiger partial charge in [0.15, 0.2) is 0 Å². The van der Waals surface area contributed by atoms with Gasteiger partial charge in [-0.15, -0.1) is 0 Å². The van der Waals surface area contributed by atoms with Crippen molar-refractivity contribution in [2.45, 2.75) is 45.4 Å². The Balaban J connectivity index is 1.45. The Labute approximate surface area is 180 Å². The first-order valence-corrected chi connectivity index (χ1v) is 10.5. The number of halogens is 1. The van der Waals surface area contributed by atoms with Gasteiger partial charge in [-0.25, -0.2) is 4.39 Å². The highest BCUT2D eigenvalue weighted by Gasteiger charge is 2.41. The smallest absolute Gasteiger partial charge is 0.332 e. The first-order chi connectivity index (χ1) is 14.9. The number of fused-ring (bicyclic) bond motifs is 2. The lowest BCUT2D eigenvalue weighted by molar-refractivity contribution is -0.385. The second-order valence-electron chi connectivity index (χ2n) is 8.17. The zero-order chi connectivity index (χ0) is 22.1. The van der Waals surface area contributed by atoms with Crippen LogP contribution in [0.4, 0.5) is 15.9 Å². The van der Waals surface area contributed by atoms with Crippen LogP contribution >= 0.6 is 0 Å². The highest BCUT2D eigenvalue weighted by Crippen LogP contribution is 2.31. The number of nitro groups is 1. The van der Waals surface area contributed by atoms with E-state index in [1.165, 1.54) is 13.3 Å². The van der Waals surface area contributed by atoms with Gasteiger partial charge in [0, 0.05) is 43.8 Å². The first-order valence-electron chi connectivity index (χ1n) is 10.5. The topological polar surface area (TPSA) is 96.7 Å². The standard InChI is InChI=1S/C21H27FN6O3/c1-4-31-21-24-13(2)19(28(29)30)20(25-21)23-9-15-6-5-14(7-18(15)22)10-27-12-16-8-17(27)11-26(16)3/h5-7,16-17H,4,8-12H2,1-3H3,(H,23,24,25)/t16-,17-/m0/s1. The second kappa shape index (κ2) is 8.72. The number of rotatable bonds is 8. The fourth-order valence-electron chi connectivity index (χ4n) is 4.46. The average Bonchev–Trinajstić information content (AvgIpc) is 3.26. The van der Waals surface area contributed by atoms with Crippen LogP contribution in [0.1, 0.15) is 30.2 Å². The maximum Gasteiger partial charge on any atom is 0.332 e. The number of nitrogens with zero attached hydrogens (tertiary/aromatic N) is 5. The van der Waals surface area contributed by atoms with E-state index in [1.807, 2.05) is 6.07 Å². The van der Waals surface area contributed by atoms with Crippen LogP contribution in [0.25, 0.3) is 0 Å². The molecule has 0 unspecified atom stereocenters. The van der Waals surface area contributed by atoms with E-state index in [0.717, 1.165) is 25.2 Å². The summed E-state index contributed by atoms with van der Waals surface area (Å²) in [4.78, 5) is 23.8. The van der Waals surface area contributed by atoms with Gasteiger partial charge in [-0.05, 0) is 38.9 Å². The summed E-state index contributed by atoms with van der Waals surface area (Å²) >= 11 is 0. The molecule has 1 aromatic carbocycles. The molecule has 1 N–H and O–H groups in total. The predicted molar refractivity (Wildman–Crippen MR) is 114 cm³/mol. The number of ether oxygens (including phenoxy) is 1. The maximum atomic E-state index is 14.8. The molecule has 2 saturated heterocycles. The Hall–Kier alpha value is -2.85. The molecule has 2 aliphatic heterocycles. The van der Waals surface area contributed by atoms with Gasteiger partial charge in [0.05, 0.1) is 11.5 Å². The maximum absolute atomic E-state index is 14.8. The lowest BCUT2D eigenvalue weighted by atomic mass is 10.1. The molecule has 2 aromatic rings. The van der Waals surface area contributed by atoms with Crippen LogP contribution in [0.15, 0.2) is 18.2 Å². The van der Waals surface area contributed by atoms with E-state index in [1.54, 1.807) is 19.1 Å². The second-order valence-corrected chi connectivity index (χ2v) is 8.17. The van der Waals surface area contributed by atoms with E-state index < -0.39 is 4.92 Å². The number of nitrogens with one attached hydrogen (secondary N) is 1. The molecule has 0 radical (unpaired) electrons. The van der Waals surface area contributed by atoms with Crippen molar-refractivity contribution in [1.82, 2.24) is 19.8 Å². The Morgan fingerprint density at radius 1 is 1.32 bits per heavy atom. The van der Waals surface area contributed by atoms with E-state index >= 15 is 0 Å². The molecule has 166 valence electrons. The molecular weight excluding hydrogens is 403 g/mol. The van der Waals surface area contributed by atoms with Crippen molar-refractivity contribution in [2.24, 2.45) is 0 Å². The lowest BCUT2D eigenvalue weighted by Gasteiger charge is -2.31. The summed E-state index contributed by atoms with van der Waals surface area (Å²) in [5.74, 6) is -0.327. The van der Waals surface area contributed by atoms with Crippen molar-refractivity contribution < 1.29 is 14.1 Å². The molecule has 9 nitrogen and oxygen atoms in total. The molecule has 0 amide bonds.